The fraction of sp³-hybridized carbons (Fsp3) is 0.400. The summed E-state index contributed by atoms with van der Waals surface area (Å²) in [5, 5.41) is 0. The van der Waals surface area contributed by atoms with Crippen molar-refractivity contribution in [3.63, 3.8) is 0 Å². The Labute approximate surface area is 85.8 Å². The molecule has 0 unspecified atom stereocenters. The highest BCUT2D eigenvalue weighted by molar-refractivity contribution is 5.27. The topological polar surface area (TPSA) is 35.2 Å². The monoisotopic (exact) mass is 219 g/mol. The molecule has 15 heavy (non-hydrogen) atoms. The number of benzene rings is 1. The number of hydrogen-bond donors (Lipinski definition) is 1. The molecule has 0 aliphatic carbocycles. The first-order valence-electron chi connectivity index (χ1n) is 4.56. The minimum atomic E-state index is -4.63. The van der Waals surface area contributed by atoms with E-state index in [9.17, 15) is 13.2 Å². The van der Waals surface area contributed by atoms with E-state index < -0.39 is 6.36 Å². The molecule has 0 saturated carbocycles. The number of hydrogen-bond acceptors (Lipinski definition) is 2. The van der Waals surface area contributed by atoms with Crippen molar-refractivity contribution in [3.05, 3.63) is 29.8 Å². The van der Waals surface area contributed by atoms with Crippen LogP contribution in [0, 0.1) is 0 Å². The molecule has 2 nitrogen and oxygen atoms in total. The van der Waals surface area contributed by atoms with Crippen LogP contribution in [-0.4, -0.2) is 12.9 Å². The smallest absolute Gasteiger partial charge is 0.406 e. The third-order valence-corrected chi connectivity index (χ3v) is 1.83. The summed E-state index contributed by atoms with van der Waals surface area (Å²) in [7, 11) is 0. The molecule has 0 atom stereocenters. The Kier molecular flexibility index (Phi) is 3.96. The quantitative estimate of drug-likeness (QED) is 0.844. The Bertz CT molecular complexity index is 295. The first kappa shape index (κ1) is 11.8. The Hall–Kier alpha value is -1.23. The van der Waals surface area contributed by atoms with Crippen LogP contribution in [0.4, 0.5) is 13.2 Å². The van der Waals surface area contributed by atoms with E-state index in [4.69, 9.17) is 5.73 Å². The van der Waals surface area contributed by atoms with Gasteiger partial charge in [-0.05, 0) is 37.1 Å². The van der Waals surface area contributed by atoms with E-state index in [1.165, 1.54) is 12.1 Å². The lowest BCUT2D eigenvalue weighted by molar-refractivity contribution is -0.274. The second-order valence-corrected chi connectivity index (χ2v) is 3.08. The fourth-order valence-electron chi connectivity index (χ4n) is 1.16. The maximum atomic E-state index is 11.8. The number of halogens is 3. The summed E-state index contributed by atoms with van der Waals surface area (Å²) in [5.74, 6) is -0.195. The number of ether oxygens (including phenoxy) is 1. The van der Waals surface area contributed by atoms with Crippen molar-refractivity contribution >= 4 is 0 Å². The van der Waals surface area contributed by atoms with Crippen molar-refractivity contribution in [1.29, 1.82) is 0 Å². The molecule has 0 bridgehead atoms. The van der Waals surface area contributed by atoms with Gasteiger partial charge < -0.3 is 10.5 Å². The summed E-state index contributed by atoms with van der Waals surface area (Å²) in [4.78, 5) is 0. The average molecular weight is 219 g/mol. The summed E-state index contributed by atoms with van der Waals surface area (Å²) in [6.45, 7) is 0.570. The van der Waals surface area contributed by atoms with Crippen LogP contribution in [0.3, 0.4) is 0 Å². The Balaban J connectivity index is 2.56. The van der Waals surface area contributed by atoms with E-state index in [1.54, 1.807) is 12.1 Å². The number of aryl methyl sites for hydroxylation is 1. The molecule has 0 heterocycles. The van der Waals surface area contributed by atoms with Gasteiger partial charge in [-0.1, -0.05) is 12.1 Å². The van der Waals surface area contributed by atoms with Crippen LogP contribution in [-0.2, 0) is 6.42 Å². The van der Waals surface area contributed by atoms with E-state index in [0.29, 0.717) is 6.54 Å². The first-order chi connectivity index (χ1) is 7.01. The summed E-state index contributed by atoms with van der Waals surface area (Å²) < 4.78 is 39.2. The van der Waals surface area contributed by atoms with Crippen molar-refractivity contribution < 1.29 is 17.9 Å². The minimum absolute atomic E-state index is 0.195. The number of alkyl halides is 3. The average Bonchev–Trinajstić information content (AvgIpc) is 2.14. The highest BCUT2D eigenvalue weighted by Gasteiger charge is 2.30. The number of rotatable bonds is 4. The van der Waals surface area contributed by atoms with Crippen LogP contribution in [0.15, 0.2) is 24.3 Å². The van der Waals surface area contributed by atoms with Crippen LogP contribution in [0.2, 0.25) is 0 Å². The van der Waals surface area contributed by atoms with E-state index in [2.05, 4.69) is 4.74 Å². The number of nitrogens with two attached hydrogens (primary N) is 1. The first-order valence-corrected chi connectivity index (χ1v) is 4.56. The molecule has 0 amide bonds. The maximum Gasteiger partial charge on any atom is 0.573 e. The van der Waals surface area contributed by atoms with Gasteiger partial charge in [0.25, 0.3) is 0 Å². The normalized spacial score (nSPS) is 11.5. The molecular weight excluding hydrogens is 207 g/mol. The van der Waals surface area contributed by atoms with E-state index in [1.807, 2.05) is 0 Å². The van der Waals surface area contributed by atoms with Gasteiger partial charge in [-0.3, -0.25) is 0 Å². The third kappa shape index (κ3) is 4.69. The van der Waals surface area contributed by atoms with E-state index >= 15 is 0 Å². The molecular formula is C10H12F3NO. The second kappa shape index (κ2) is 5.02. The summed E-state index contributed by atoms with van der Waals surface area (Å²) >= 11 is 0. The van der Waals surface area contributed by atoms with Gasteiger partial charge in [-0.25, -0.2) is 0 Å². The molecule has 2 N–H and O–H groups in total. The molecule has 1 aromatic carbocycles. The summed E-state index contributed by atoms with van der Waals surface area (Å²) in [6.07, 6.45) is -3.04. The molecule has 1 rings (SSSR count). The van der Waals surface area contributed by atoms with Crippen molar-refractivity contribution in [2.75, 3.05) is 6.54 Å². The molecule has 0 fully saturated rings. The lowest BCUT2D eigenvalue weighted by Gasteiger charge is -2.09. The zero-order valence-electron chi connectivity index (χ0n) is 8.05. The predicted molar refractivity (Wildman–Crippen MR) is 50.5 cm³/mol. The van der Waals surface area contributed by atoms with E-state index in [-0.39, 0.29) is 5.75 Å². The Morgan fingerprint density at radius 2 is 1.73 bits per heavy atom. The minimum Gasteiger partial charge on any atom is -0.406 e. The predicted octanol–water partition coefficient (Wildman–Crippen LogP) is 2.48. The van der Waals surface area contributed by atoms with E-state index in [0.717, 1.165) is 18.4 Å². The highest BCUT2D eigenvalue weighted by atomic mass is 19.4. The molecule has 0 aromatic heterocycles. The molecule has 0 spiro atoms. The van der Waals surface area contributed by atoms with Crippen molar-refractivity contribution in [1.82, 2.24) is 0 Å². The molecule has 0 saturated heterocycles. The van der Waals surface area contributed by atoms with Crippen LogP contribution >= 0.6 is 0 Å². The zero-order valence-corrected chi connectivity index (χ0v) is 8.05. The SMILES string of the molecule is NCCCc1ccc(OC(F)(F)F)cc1. The van der Waals surface area contributed by atoms with Crippen molar-refractivity contribution in [2.24, 2.45) is 5.73 Å². The molecule has 0 aliphatic heterocycles. The fourth-order valence-corrected chi connectivity index (χ4v) is 1.16. The van der Waals surface area contributed by atoms with Gasteiger partial charge in [-0.2, -0.15) is 0 Å². The van der Waals surface area contributed by atoms with Gasteiger partial charge in [0, 0.05) is 0 Å². The molecule has 1 aromatic rings. The largest absolute Gasteiger partial charge is 0.573 e. The molecule has 0 aliphatic rings. The molecule has 0 radical (unpaired) electrons. The lowest BCUT2D eigenvalue weighted by Crippen LogP contribution is -2.17. The van der Waals surface area contributed by atoms with Crippen LogP contribution < -0.4 is 10.5 Å². The second-order valence-electron chi connectivity index (χ2n) is 3.08. The van der Waals surface area contributed by atoms with Gasteiger partial charge in [0.1, 0.15) is 5.75 Å². The summed E-state index contributed by atoms with van der Waals surface area (Å²) in [6, 6.07) is 5.83. The van der Waals surface area contributed by atoms with Crippen LogP contribution in [0.5, 0.6) is 5.75 Å². The van der Waals surface area contributed by atoms with Gasteiger partial charge in [0.05, 0.1) is 0 Å². The third-order valence-electron chi connectivity index (χ3n) is 1.83. The Morgan fingerprint density at radius 3 is 2.20 bits per heavy atom. The lowest BCUT2D eigenvalue weighted by atomic mass is 10.1. The maximum absolute atomic E-state index is 11.8. The molecule has 5 heteroatoms. The van der Waals surface area contributed by atoms with Gasteiger partial charge in [0.15, 0.2) is 0 Å². The summed E-state index contributed by atoms with van der Waals surface area (Å²) in [5.41, 5.74) is 6.27. The highest BCUT2D eigenvalue weighted by Crippen LogP contribution is 2.22. The van der Waals surface area contributed by atoms with Crippen molar-refractivity contribution in [2.45, 2.75) is 19.2 Å². The zero-order chi connectivity index (χ0) is 11.3. The van der Waals surface area contributed by atoms with Crippen molar-refractivity contribution in [3.8, 4) is 5.75 Å². The van der Waals surface area contributed by atoms with Gasteiger partial charge in [-0.15, -0.1) is 13.2 Å². The van der Waals surface area contributed by atoms with Crippen LogP contribution in [0.25, 0.3) is 0 Å². The van der Waals surface area contributed by atoms with Crippen LogP contribution in [0.1, 0.15) is 12.0 Å². The standard InChI is InChI=1S/C10H12F3NO/c11-10(12,13)15-9-5-3-8(4-6-9)2-1-7-14/h3-6H,1-2,7,14H2. The van der Waals surface area contributed by atoms with Gasteiger partial charge in [0.2, 0.25) is 0 Å². The van der Waals surface area contributed by atoms with Gasteiger partial charge >= 0.3 is 6.36 Å². The molecule has 84 valence electrons. The Morgan fingerprint density at radius 1 is 1.13 bits per heavy atom.